The van der Waals surface area contributed by atoms with Crippen molar-refractivity contribution in [1.82, 2.24) is 5.32 Å². The summed E-state index contributed by atoms with van der Waals surface area (Å²) >= 11 is 1.55. The Bertz CT molecular complexity index is 388. The second kappa shape index (κ2) is 8.23. The van der Waals surface area contributed by atoms with Crippen molar-refractivity contribution < 1.29 is 4.79 Å². The van der Waals surface area contributed by atoms with Gasteiger partial charge in [-0.1, -0.05) is 26.0 Å². The lowest BCUT2D eigenvalue weighted by molar-refractivity contribution is -0.118. The van der Waals surface area contributed by atoms with Crippen LogP contribution in [-0.4, -0.2) is 18.2 Å². The molecule has 0 aliphatic carbocycles. The molecule has 0 bridgehead atoms. The van der Waals surface area contributed by atoms with Crippen molar-refractivity contribution in [2.24, 2.45) is 11.7 Å². The molecule has 19 heavy (non-hydrogen) atoms. The van der Waals surface area contributed by atoms with Crippen LogP contribution in [0.25, 0.3) is 0 Å². The van der Waals surface area contributed by atoms with Gasteiger partial charge in [0.1, 0.15) is 0 Å². The van der Waals surface area contributed by atoms with Crippen molar-refractivity contribution in [2.45, 2.75) is 38.1 Å². The highest BCUT2D eigenvalue weighted by atomic mass is 32.2. The van der Waals surface area contributed by atoms with Gasteiger partial charge in [0.25, 0.3) is 0 Å². The minimum atomic E-state index is 0.0541. The number of carbonyl (C=O) groups is 1. The van der Waals surface area contributed by atoms with E-state index < -0.39 is 0 Å². The van der Waals surface area contributed by atoms with Crippen molar-refractivity contribution in [1.29, 1.82) is 0 Å². The Labute approximate surface area is 120 Å². The summed E-state index contributed by atoms with van der Waals surface area (Å²) in [5, 5.41) is 2.93. The zero-order chi connectivity index (χ0) is 14.3. The standard InChI is InChI=1S/C15H24N2OS/c1-11(2)8-9-17-15(18)10-19-14-6-4-13(5-7-14)12(3)16/h4-7,11-12H,8-10,16H2,1-3H3,(H,17,18). The highest BCUT2D eigenvalue weighted by Gasteiger charge is 2.04. The Morgan fingerprint density at radius 2 is 1.89 bits per heavy atom. The van der Waals surface area contributed by atoms with Crippen molar-refractivity contribution >= 4 is 17.7 Å². The maximum Gasteiger partial charge on any atom is 0.230 e. The molecule has 1 atom stereocenters. The van der Waals surface area contributed by atoms with Crippen LogP contribution >= 0.6 is 11.8 Å². The Morgan fingerprint density at radius 3 is 2.42 bits per heavy atom. The second-order valence-corrected chi connectivity index (χ2v) is 6.23. The van der Waals surface area contributed by atoms with E-state index in [-0.39, 0.29) is 11.9 Å². The monoisotopic (exact) mass is 280 g/mol. The molecule has 0 aromatic heterocycles. The molecule has 1 unspecified atom stereocenters. The molecular formula is C15H24N2OS. The summed E-state index contributed by atoms with van der Waals surface area (Å²) in [5.41, 5.74) is 6.91. The smallest absolute Gasteiger partial charge is 0.230 e. The van der Waals surface area contributed by atoms with E-state index in [4.69, 9.17) is 5.73 Å². The number of hydrogen-bond donors (Lipinski definition) is 2. The number of amides is 1. The number of carbonyl (C=O) groups excluding carboxylic acids is 1. The maximum absolute atomic E-state index is 11.6. The summed E-state index contributed by atoms with van der Waals surface area (Å²) in [7, 11) is 0. The summed E-state index contributed by atoms with van der Waals surface area (Å²) in [6.45, 7) is 7.03. The zero-order valence-corrected chi connectivity index (χ0v) is 12.8. The maximum atomic E-state index is 11.6. The highest BCUT2D eigenvalue weighted by Crippen LogP contribution is 2.20. The number of benzene rings is 1. The molecule has 4 heteroatoms. The molecule has 3 N–H and O–H groups in total. The normalized spacial score (nSPS) is 12.5. The zero-order valence-electron chi connectivity index (χ0n) is 12.0. The van der Waals surface area contributed by atoms with Crippen LogP contribution in [0.5, 0.6) is 0 Å². The Kier molecular flexibility index (Phi) is 6.95. The summed E-state index contributed by atoms with van der Waals surface area (Å²) in [6.07, 6.45) is 1.03. The highest BCUT2D eigenvalue weighted by molar-refractivity contribution is 8.00. The SMILES string of the molecule is CC(C)CCNC(=O)CSc1ccc(C(C)N)cc1. The lowest BCUT2D eigenvalue weighted by atomic mass is 10.1. The van der Waals surface area contributed by atoms with E-state index in [1.807, 2.05) is 31.2 Å². The first-order valence-corrected chi connectivity index (χ1v) is 7.72. The lowest BCUT2D eigenvalue weighted by Gasteiger charge is -2.08. The second-order valence-electron chi connectivity index (χ2n) is 5.18. The first kappa shape index (κ1) is 16.1. The van der Waals surface area contributed by atoms with Gasteiger partial charge in [-0.05, 0) is 37.0 Å². The number of hydrogen-bond acceptors (Lipinski definition) is 3. The molecule has 0 radical (unpaired) electrons. The molecule has 0 saturated carbocycles. The number of nitrogens with one attached hydrogen (secondary N) is 1. The summed E-state index contributed by atoms with van der Waals surface area (Å²) in [4.78, 5) is 12.7. The molecule has 0 saturated heterocycles. The molecule has 1 aromatic carbocycles. The predicted octanol–water partition coefficient (Wildman–Crippen LogP) is 2.96. The van der Waals surface area contributed by atoms with E-state index in [0.29, 0.717) is 11.7 Å². The Hall–Kier alpha value is -1.00. The molecule has 0 aliphatic rings. The van der Waals surface area contributed by atoms with E-state index >= 15 is 0 Å². The van der Waals surface area contributed by atoms with Gasteiger partial charge in [-0.2, -0.15) is 0 Å². The number of rotatable bonds is 7. The fourth-order valence-corrected chi connectivity index (χ4v) is 2.30. The molecule has 1 aromatic rings. The van der Waals surface area contributed by atoms with Gasteiger partial charge in [-0.15, -0.1) is 11.8 Å². The molecule has 0 aliphatic heterocycles. The number of thioether (sulfide) groups is 1. The third-order valence-electron chi connectivity index (χ3n) is 2.82. The van der Waals surface area contributed by atoms with Crippen LogP contribution in [-0.2, 0) is 4.79 Å². The van der Waals surface area contributed by atoms with Gasteiger partial charge < -0.3 is 11.1 Å². The van der Waals surface area contributed by atoms with Crippen LogP contribution in [0.3, 0.4) is 0 Å². The average molecular weight is 280 g/mol. The van der Waals surface area contributed by atoms with E-state index in [9.17, 15) is 4.79 Å². The van der Waals surface area contributed by atoms with Gasteiger partial charge in [0.15, 0.2) is 0 Å². The third kappa shape index (κ3) is 6.64. The topological polar surface area (TPSA) is 55.1 Å². The van der Waals surface area contributed by atoms with Gasteiger partial charge in [0.2, 0.25) is 5.91 Å². The van der Waals surface area contributed by atoms with Crippen molar-refractivity contribution in [3.8, 4) is 0 Å². The van der Waals surface area contributed by atoms with E-state index in [1.165, 1.54) is 0 Å². The van der Waals surface area contributed by atoms with Crippen LogP contribution in [0.2, 0.25) is 0 Å². The van der Waals surface area contributed by atoms with Crippen LogP contribution in [0.1, 0.15) is 38.8 Å². The number of nitrogens with two attached hydrogens (primary N) is 1. The van der Waals surface area contributed by atoms with Gasteiger partial charge in [0, 0.05) is 17.5 Å². The van der Waals surface area contributed by atoms with Crippen LogP contribution < -0.4 is 11.1 Å². The van der Waals surface area contributed by atoms with Crippen molar-refractivity contribution in [3.63, 3.8) is 0 Å². The molecule has 106 valence electrons. The summed E-state index contributed by atoms with van der Waals surface area (Å²) < 4.78 is 0. The van der Waals surface area contributed by atoms with Crippen molar-refractivity contribution in [3.05, 3.63) is 29.8 Å². The first-order chi connectivity index (χ1) is 8.99. The van der Waals surface area contributed by atoms with Crippen LogP contribution in [0.15, 0.2) is 29.2 Å². The predicted molar refractivity (Wildman–Crippen MR) is 82.2 cm³/mol. The molecule has 1 amide bonds. The summed E-state index contributed by atoms with van der Waals surface area (Å²) in [5.74, 6) is 1.19. The third-order valence-corrected chi connectivity index (χ3v) is 3.83. The van der Waals surface area contributed by atoms with E-state index in [0.717, 1.165) is 23.4 Å². The minimum absolute atomic E-state index is 0.0541. The molecule has 1 rings (SSSR count). The Balaban J connectivity index is 2.30. The summed E-state index contributed by atoms with van der Waals surface area (Å²) in [6, 6.07) is 8.13. The minimum Gasteiger partial charge on any atom is -0.355 e. The fraction of sp³-hybridized carbons (Fsp3) is 0.533. The molecular weight excluding hydrogens is 256 g/mol. The first-order valence-electron chi connectivity index (χ1n) is 6.74. The van der Waals surface area contributed by atoms with E-state index in [2.05, 4.69) is 19.2 Å². The molecule has 0 spiro atoms. The largest absolute Gasteiger partial charge is 0.355 e. The van der Waals surface area contributed by atoms with E-state index in [1.54, 1.807) is 11.8 Å². The van der Waals surface area contributed by atoms with Gasteiger partial charge >= 0.3 is 0 Å². The fourth-order valence-electron chi connectivity index (χ4n) is 1.57. The van der Waals surface area contributed by atoms with Crippen molar-refractivity contribution in [2.75, 3.05) is 12.3 Å². The molecule has 0 heterocycles. The lowest BCUT2D eigenvalue weighted by Crippen LogP contribution is -2.26. The average Bonchev–Trinajstić information content (AvgIpc) is 2.36. The van der Waals surface area contributed by atoms with Gasteiger partial charge in [-0.3, -0.25) is 4.79 Å². The van der Waals surface area contributed by atoms with Gasteiger partial charge in [-0.25, -0.2) is 0 Å². The van der Waals surface area contributed by atoms with Gasteiger partial charge in [0.05, 0.1) is 5.75 Å². The Morgan fingerprint density at radius 1 is 1.26 bits per heavy atom. The van der Waals surface area contributed by atoms with Crippen LogP contribution in [0, 0.1) is 5.92 Å². The molecule has 0 fully saturated rings. The quantitative estimate of drug-likeness (QED) is 0.755. The molecule has 3 nitrogen and oxygen atoms in total. The van der Waals surface area contributed by atoms with Crippen LogP contribution in [0.4, 0.5) is 0 Å².